The molecule has 4 rings (SSSR count). The van der Waals surface area contributed by atoms with E-state index in [2.05, 4.69) is 15.5 Å². The molecule has 0 saturated heterocycles. The summed E-state index contributed by atoms with van der Waals surface area (Å²) in [5.41, 5.74) is -0.562. The Labute approximate surface area is 191 Å². The predicted molar refractivity (Wildman–Crippen MR) is 116 cm³/mol. The Balaban J connectivity index is 1.40. The fraction of sp³-hybridized carbons (Fsp3) is 0.250. The number of aromatic nitrogens is 3. The van der Waals surface area contributed by atoms with E-state index in [4.69, 9.17) is 16.3 Å². The standard InChI is InChI=1S/C20H17ClFN5O4S/c21-14-3-1-2-4-17(14)31-10-18-24-25-20(26(18)12-5-6-12)32-11-19(28)23-16-9-13(27(29)30)7-8-15(16)22/h1-4,7-9,12H,5-6,10-11H2,(H,23,28). The van der Waals surface area contributed by atoms with Gasteiger partial charge in [-0.05, 0) is 31.0 Å². The molecule has 0 radical (unpaired) electrons. The predicted octanol–water partition coefficient (Wildman–Crippen LogP) is 4.62. The SMILES string of the molecule is O=C(CSc1nnc(COc2ccccc2Cl)n1C1CC1)Nc1cc([N+](=O)[O-])ccc1F. The lowest BCUT2D eigenvalue weighted by atomic mass is 10.2. The van der Waals surface area contributed by atoms with Gasteiger partial charge in [0.05, 0.1) is 21.4 Å². The number of ether oxygens (including phenoxy) is 1. The van der Waals surface area contributed by atoms with E-state index in [0.717, 1.165) is 42.8 Å². The molecule has 12 heteroatoms. The van der Waals surface area contributed by atoms with Gasteiger partial charge in [-0.2, -0.15) is 0 Å². The molecule has 1 aliphatic rings. The lowest BCUT2D eigenvalue weighted by molar-refractivity contribution is -0.384. The molecule has 1 aliphatic carbocycles. The number of carbonyl (C=O) groups is 1. The van der Waals surface area contributed by atoms with Gasteiger partial charge in [0.2, 0.25) is 5.91 Å². The number of thioether (sulfide) groups is 1. The molecule has 2 aromatic carbocycles. The molecule has 0 unspecified atom stereocenters. The van der Waals surface area contributed by atoms with E-state index in [-0.39, 0.29) is 29.8 Å². The summed E-state index contributed by atoms with van der Waals surface area (Å²) in [6.07, 6.45) is 1.94. The van der Waals surface area contributed by atoms with Crippen molar-refractivity contribution < 1.29 is 18.8 Å². The number of carbonyl (C=O) groups excluding carboxylic acids is 1. The second-order valence-corrected chi connectivity index (χ2v) is 8.33. The Morgan fingerprint density at radius 3 is 2.81 bits per heavy atom. The van der Waals surface area contributed by atoms with Crippen LogP contribution in [-0.4, -0.2) is 31.3 Å². The molecule has 1 heterocycles. The molecule has 1 aromatic heterocycles. The number of anilines is 1. The van der Waals surface area contributed by atoms with Crippen LogP contribution in [0.2, 0.25) is 5.02 Å². The normalized spacial score (nSPS) is 13.1. The lowest BCUT2D eigenvalue weighted by Gasteiger charge is -2.11. The van der Waals surface area contributed by atoms with Crippen molar-refractivity contribution in [3.63, 3.8) is 0 Å². The number of nitro groups is 1. The van der Waals surface area contributed by atoms with Crippen LogP contribution in [0, 0.1) is 15.9 Å². The van der Waals surface area contributed by atoms with Crippen LogP contribution < -0.4 is 10.1 Å². The highest BCUT2D eigenvalue weighted by molar-refractivity contribution is 7.99. The minimum Gasteiger partial charge on any atom is -0.484 e. The molecule has 32 heavy (non-hydrogen) atoms. The van der Waals surface area contributed by atoms with E-state index in [1.165, 1.54) is 0 Å². The molecular weight excluding hydrogens is 461 g/mol. The number of benzene rings is 2. The smallest absolute Gasteiger partial charge is 0.271 e. The van der Waals surface area contributed by atoms with Crippen molar-refractivity contribution >= 4 is 40.6 Å². The maximum atomic E-state index is 13.9. The highest BCUT2D eigenvalue weighted by Crippen LogP contribution is 2.39. The van der Waals surface area contributed by atoms with Gasteiger partial charge in [-0.15, -0.1) is 10.2 Å². The van der Waals surface area contributed by atoms with E-state index >= 15 is 0 Å². The monoisotopic (exact) mass is 477 g/mol. The highest BCUT2D eigenvalue weighted by Gasteiger charge is 2.30. The average molecular weight is 478 g/mol. The Kier molecular flexibility index (Phi) is 6.56. The lowest BCUT2D eigenvalue weighted by Crippen LogP contribution is -2.16. The molecule has 0 spiro atoms. The number of nitro benzene ring substituents is 1. The number of non-ortho nitro benzene ring substituents is 1. The van der Waals surface area contributed by atoms with Crippen molar-refractivity contribution in [1.29, 1.82) is 0 Å². The molecule has 1 saturated carbocycles. The van der Waals surface area contributed by atoms with Gasteiger partial charge in [-0.3, -0.25) is 19.5 Å². The summed E-state index contributed by atoms with van der Waals surface area (Å²) in [5.74, 6) is -0.201. The van der Waals surface area contributed by atoms with Gasteiger partial charge in [0.15, 0.2) is 11.0 Å². The number of amides is 1. The number of para-hydroxylation sites is 1. The molecule has 1 amide bonds. The molecular formula is C20H17ClFN5O4S. The number of nitrogens with one attached hydrogen (secondary N) is 1. The molecule has 166 valence electrons. The van der Waals surface area contributed by atoms with Crippen molar-refractivity contribution in [2.75, 3.05) is 11.1 Å². The van der Waals surface area contributed by atoms with Crippen molar-refractivity contribution in [3.05, 3.63) is 69.2 Å². The minimum atomic E-state index is -0.755. The third-order valence-electron chi connectivity index (χ3n) is 4.61. The Bertz CT molecular complexity index is 1170. The molecule has 3 aromatic rings. The summed E-state index contributed by atoms with van der Waals surface area (Å²) < 4.78 is 21.6. The van der Waals surface area contributed by atoms with Gasteiger partial charge in [0.25, 0.3) is 5.69 Å². The van der Waals surface area contributed by atoms with Crippen molar-refractivity contribution in [1.82, 2.24) is 14.8 Å². The van der Waals surface area contributed by atoms with Crippen LogP contribution in [0.25, 0.3) is 0 Å². The largest absolute Gasteiger partial charge is 0.484 e. The zero-order valence-electron chi connectivity index (χ0n) is 16.5. The molecule has 0 aliphatic heterocycles. The van der Waals surface area contributed by atoms with Crippen LogP contribution >= 0.6 is 23.4 Å². The first-order chi connectivity index (χ1) is 15.4. The molecule has 1 fully saturated rings. The Hall–Kier alpha value is -3.18. The Morgan fingerprint density at radius 1 is 1.31 bits per heavy atom. The summed E-state index contributed by atoms with van der Waals surface area (Å²) in [5, 5.41) is 22.6. The van der Waals surface area contributed by atoms with E-state index in [1.54, 1.807) is 18.2 Å². The van der Waals surface area contributed by atoms with Crippen molar-refractivity contribution in [3.8, 4) is 5.75 Å². The van der Waals surface area contributed by atoms with Crippen molar-refractivity contribution in [2.24, 2.45) is 0 Å². The second-order valence-electron chi connectivity index (χ2n) is 6.98. The summed E-state index contributed by atoms with van der Waals surface area (Å²) >= 11 is 7.26. The number of nitrogens with zero attached hydrogens (tertiary/aromatic N) is 4. The topological polar surface area (TPSA) is 112 Å². The average Bonchev–Trinajstić information content (AvgIpc) is 3.53. The third kappa shape index (κ3) is 5.17. The number of rotatable bonds is 9. The Morgan fingerprint density at radius 2 is 2.09 bits per heavy atom. The first kappa shape index (κ1) is 22.0. The van der Waals surface area contributed by atoms with Gasteiger partial charge >= 0.3 is 0 Å². The maximum absolute atomic E-state index is 13.9. The molecule has 1 N–H and O–H groups in total. The van der Waals surface area contributed by atoms with E-state index in [0.29, 0.717) is 21.8 Å². The van der Waals surface area contributed by atoms with Gasteiger partial charge < -0.3 is 10.1 Å². The van der Waals surface area contributed by atoms with Gasteiger partial charge in [0.1, 0.15) is 18.2 Å². The maximum Gasteiger partial charge on any atom is 0.271 e. The quantitative estimate of drug-likeness (QED) is 0.272. The van der Waals surface area contributed by atoms with Gasteiger partial charge in [-0.1, -0.05) is 35.5 Å². The number of halogens is 2. The third-order valence-corrected chi connectivity index (χ3v) is 5.86. The molecule has 0 bridgehead atoms. The summed E-state index contributed by atoms with van der Waals surface area (Å²) in [6.45, 7) is 0.166. The van der Waals surface area contributed by atoms with Crippen LogP contribution in [0.15, 0.2) is 47.6 Å². The van der Waals surface area contributed by atoms with E-state index in [1.807, 2.05) is 10.6 Å². The van der Waals surface area contributed by atoms with Crippen LogP contribution in [0.3, 0.4) is 0 Å². The van der Waals surface area contributed by atoms with Crippen molar-refractivity contribution in [2.45, 2.75) is 30.6 Å². The fourth-order valence-electron chi connectivity index (χ4n) is 2.95. The molecule has 9 nitrogen and oxygen atoms in total. The summed E-state index contributed by atoms with van der Waals surface area (Å²) in [6, 6.07) is 10.3. The summed E-state index contributed by atoms with van der Waals surface area (Å²) in [7, 11) is 0. The highest BCUT2D eigenvalue weighted by atomic mass is 35.5. The first-order valence-corrected chi connectivity index (χ1v) is 11.0. The number of hydrogen-bond donors (Lipinski definition) is 1. The summed E-state index contributed by atoms with van der Waals surface area (Å²) in [4.78, 5) is 22.5. The van der Waals surface area contributed by atoms with Gasteiger partial charge in [-0.25, -0.2) is 4.39 Å². The van der Waals surface area contributed by atoms with E-state index < -0.39 is 16.6 Å². The first-order valence-electron chi connectivity index (χ1n) is 9.60. The van der Waals surface area contributed by atoms with E-state index in [9.17, 15) is 19.3 Å². The number of hydrogen-bond acceptors (Lipinski definition) is 7. The van der Waals surface area contributed by atoms with Crippen LogP contribution in [0.1, 0.15) is 24.7 Å². The van der Waals surface area contributed by atoms with Gasteiger partial charge in [0, 0.05) is 18.2 Å². The van der Waals surface area contributed by atoms with Crippen LogP contribution in [-0.2, 0) is 11.4 Å². The second kappa shape index (κ2) is 9.53. The molecule has 0 atom stereocenters. The van der Waals surface area contributed by atoms with Crippen LogP contribution in [0.4, 0.5) is 15.8 Å². The zero-order chi connectivity index (χ0) is 22.7. The zero-order valence-corrected chi connectivity index (χ0v) is 18.1. The minimum absolute atomic E-state index is 0.0711. The van der Waals surface area contributed by atoms with Crippen LogP contribution in [0.5, 0.6) is 5.75 Å². The fourth-order valence-corrected chi connectivity index (χ4v) is 3.96.